The molecule has 4 rings (SSSR count). The van der Waals surface area contributed by atoms with E-state index >= 15 is 0 Å². The lowest BCUT2D eigenvalue weighted by molar-refractivity contribution is -0.119. The Hall–Kier alpha value is -2.62. The Bertz CT molecular complexity index is 1190. The smallest absolute Gasteiger partial charge is 0.249 e. The molecule has 1 aliphatic carbocycles. The van der Waals surface area contributed by atoms with Crippen LogP contribution in [0.1, 0.15) is 29.2 Å². The summed E-state index contributed by atoms with van der Waals surface area (Å²) >= 11 is 0.915. The van der Waals surface area contributed by atoms with E-state index in [1.54, 1.807) is 20.2 Å². The van der Waals surface area contributed by atoms with Crippen molar-refractivity contribution in [3.8, 4) is 11.3 Å². The van der Waals surface area contributed by atoms with Crippen LogP contribution >= 0.6 is 11.3 Å². The minimum absolute atomic E-state index is 0.0148. The highest BCUT2D eigenvalue weighted by atomic mass is 32.2. The lowest BCUT2D eigenvalue weighted by Crippen LogP contribution is -2.30. The first-order valence-corrected chi connectivity index (χ1v) is 11.4. The number of benzene rings is 1. The Morgan fingerprint density at radius 1 is 1.28 bits per heavy atom. The maximum atomic E-state index is 13.1. The number of likely N-dealkylation sites (N-methyl/N-ethyl adjacent to an activating group) is 1. The van der Waals surface area contributed by atoms with Crippen molar-refractivity contribution >= 4 is 32.4 Å². The number of nitrogens with two attached hydrogens (primary N) is 1. The Kier molecular flexibility index (Phi) is 4.97. The summed E-state index contributed by atoms with van der Waals surface area (Å²) in [5.41, 5.74) is 4.37. The van der Waals surface area contributed by atoms with Gasteiger partial charge in [0.15, 0.2) is 9.34 Å². The molecule has 0 radical (unpaired) electrons. The van der Waals surface area contributed by atoms with E-state index < -0.39 is 10.0 Å². The highest BCUT2D eigenvalue weighted by Gasteiger charge is 2.33. The van der Waals surface area contributed by atoms with E-state index in [1.807, 2.05) is 30.3 Å². The minimum atomic E-state index is -3.86. The van der Waals surface area contributed by atoms with E-state index in [0.29, 0.717) is 17.2 Å². The van der Waals surface area contributed by atoms with Gasteiger partial charge in [0.25, 0.3) is 0 Å². The summed E-state index contributed by atoms with van der Waals surface area (Å²) < 4.78 is 23.3. The third-order valence-electron chi connectivity index (χ3n) is 5.10. The maximum Gasteiger partial charge on any atom is 0.249 e. The van der Waals surface area contributed by atoms with Crippen LogP contribution in [0.15, 0.2) is 46.8 Å². The van der Waals surface area contributed by atoms with E-state index in [0.717, 1.165) is 40.1 Å². The van der Waals surface area contributed by atoms with Crippen LogP contribution in [0.4, 0.5) is 5.13 Å². The van der Waals surface area contributed by atoms with Crippen molar-refractivity contribution in [3.63, 3.8) is 0 Å². The van der Waals surface area contributed by atoms with Gasteiger partial charge in [-0.05, 0) is 49.1 Å². The summed E-state index contributed by atoms with van der Waals surface area (Å²) in [6.45, 7) is 1.57. The van der Waals surface area contributed by atoms with Crippen LogP contribution in [0, 0.1) is 6.92 Å². The van der Waals surface area contributed by atoms with Crippen molar-refractivity contribution in [1.29, 1.82) is 0 Å². The van der Waals surface area contributed by atoms with E-state index in [-0.39, 0.29) is 16.0 Å². The van der Waals surface area contributed by atoms with Gasteiger partial charge in [0, 0.05) is 18.8 Å². The zero-order valence-corrected chi connectivity index (χ0v) is 17.6. The second-order valence-corrected chi connectivity index (χ2v) is 9.77. The molecule has 0 bridgehead atoms. The van der Waals surface area contributed by atoms with Crippen molar-refractivity contribution in [2.45, 2.75) is 29.9 Å². The van der Waals surface area contributed by atoms with Gasteiger partial charge in [0.05, 0.1) is 17.3 Å². The number of aromatic nitrogens is 2. The maximum absolute atomic E-state index is 13.1. The molecule has 0 unspecified atom stereocenters. The number of fused-ring (bicyclic) bond motifs is 1. The molecule has 1 atom stereocenters. The van der Waals surface area contributed by atoms with E-state index in [9.17, 15) is 13.2 Å². The van der Waals surface area contributed by atoms with Gasteiger partial charge in [-0.15, -0.1) is 0 Å². The number of sulfonamides is 1. The summed E-state index contributed by atoms with van der Waals surface area (Å²) in [5.74, 6) is -0.390. The van der Waals surface area contributed by atoms with E-state index in [2.05, 4.69) is 16.0 Å². The molecule has 3 aromatic rings. The van der Waals surface area contributed by atoms with Crippen LogP contribution in [0.3, 0.4) is 0 Å². The molecule has 29 heavy (non-hydrogen) atoms. The summed E-state index contributed by atoms with van der Waals surface area (Å²) in [4.78, 5) is 23.2. The third kappa shape index (κ3) is 3.68. The van der Waals surface area contributed by atoms with Crippen molar-refractivity contribution in [2.24, 2.45) is 5.14 Å². The normalized spacial score (nSPS) is 15.9. The molecule has 2 aromatic heterocycles. The molecule has 9 heteroatoms. The molecular formula is C20H20N4O3S2. The van der Waals surface area contributed by atoms with Crippen LogP contribution in [0.25, 0.3) is 11.3 Å². The summed E-state index contributed by atoms with van der Waals surface area (Å²) in [6.07, 6.45) is 3.27. The number of thiazole rings is 1. The topological polar surface area (TPSA) is 106 Å². The lowest BCUT2D eigenvalue weighted by Gasteiger charge is -2.19. The highest BCUT2D eigenvalue weighted by Crippen LogP contribution is 2.38. The van der Waals surface area contributed by atoms with Crippen LogP contribution in [0.2, 0.25) is 0 Å². The Labute approximate surface area is 173 Å². The number of primary sulfonamides is 1. The van der Waals surface area contributed by atoms with Gasteiger partial charge in [-0.1, -0.05) is 29.5 Å². The second kappa shape index (κ2) is 7.33. The van der Waals surface area contributed by atoms with Gasteiger partial charge in [0.2, 0.25) is 15.9 Å². The van der Waals surface area contributed by atoms with Gasteiger partial charge < -0.3 is 0 Å². The number of hydrogen-bond acceptors (Lipinski definition) is 6. The van der Waals surface area contributed by atoms with Crippen molar-refractivity contribution < 1.29 is 13.2 Å². The number of carbonyl (C=O) groups is 1. The van der Waals surface area contributed by atoms with Crippen LogP contribution in [-0.2, 0) is 21.2 Å². The number of rotatable bonds is 4. The molecule has 0 aliphatic heterocycles. The van der Waals surface area contributed by atoms with Crippen molar-refractivity contribution in [3.05, 3.63) is 59.4 Å². The Morgan fingerprint density at radius 2 is 2.07 bits per heavy atom. The molecule has 0 spiro atoms. The number of hydrogen-bond donors (Lipinski definition) is 1. The van der Waals surface area contributed by atoms with Gasteiger partial charge in [-0.3, -0.25) is 14.7 Å². The number of pyridine rings is 1. The van der Waals surface area contributed by atoms with Crippen LogP contribution in [-0.4, -0.2) is 31.3 Å². The lowest BCUT2D eigenvalue weighted by atomic mass is 9.98. The molecule has 150 valence electrons. The summed E-state index contributed by atoms with van der Waals surface area (Å²) in [6, 6.07) is 11.9. The van der Waals surface area contributed by atoms with Crippen LogP contribution in [0.5, 0.6) is 0 Å². The average Bonchev–Trinajstić information content (AvgIpc) is 3.30. The monoisotopic (exact) mass is 428 g/mol. The minimum Gasteiger partial charge on any atom is -0.291 e. The molecule has 0 fully saturated rings. The molecule has 2 heterocycles. The fourth-order valence-corrected chi connectivity index (χ4v) is 5.59. The van der Waals surface area contributed by atoms with Gasteiger partial charge >= 0.3 is 0 Å². The fraction of sp³-hybridized carbons (Fsp3) is 0.250. The standard InChI is InChI=1S/C20H20N4O3S2/c1-12-19(29(21,26)27)28-20(23-12)24(2)18(25)16-9-6-13-11-14(7-8-15(13)16)17-5-3-4-10-22-17/h3-5,7-8,10-11,16H,6,9H2,1-2H3,(H2,21,26,27)/t16-/m0/s1. The van der Waals surface area contributed by atoms with E-state index in [4.69, 9.17) is 5.14 Å². The summed E-state index contributed by atoms with van der Waals surface area (Å²) in [7, 11) is -2.24. The summed E-state index contributed by atoms with van der Waals surface area (Å²) in [5, 5.41) is 5.56. The number of anilines is 1. The molecule has 1 aromatic carbocycles. The highest BCUT2D eigenvalue weighted by molar-refractivity contribution is 7.91. The zero-order valence-electron chi connectivity index (χ0n) is 16.0. The number of carbonyl (C=O) groups excluding carboxylic acids is 1. The third-order valence-corrected chi connectivity index (χ3v) is 7.89. The molecular weight excluding hydrogens is 408 g/mol. The van der Waals surface area contributed by atoms with Gasteiger partial charge in [-0.25, -0.2) is 18.5 Å². The fourth-order valence-electron chi connectivity index (χ4n) is 3.67. The first-order valence-electron chi connectivity index (χ1n) is 9.07. The Morgan fingerprint density at radius 3 is 2.72 bits per heavy atom. The number of aryl methyl sites for hydroxylation is 2. The molecule has 2 N–H and O–H groups in total. The predicted molar refractivity (Wildman–Crippen MR) is 112 cm³/mol. The molecule has 1 amide bonds. The van der Waals surface area contributed by atoms with Crippen molar-refractivity contribution in [2.75, 3.05) is 11.9 Å². The van der Waals surface area contributed by atoms with Crippen LogP contribution < -0.4 is 10.0 Å². The molecule has 1 aliphatic rings. The van der Waals surface area contributed by atoms with Crippen molar-refractivity contribution in [1.82, 2.24) is 9.97 Å². The largest absolute Gasteiger partial charge is 0.291 e. The predicted octanol–water partition coefficient (Wildman–Crippen LogP) is 2.85. The van der Waals surface area contributed by atoms with E-state index in [1.165, 1.54) is 4.90 Å². The SMILES string of the molecule is Cc1nc(N(C)C(=O)[C@H]2CCc3cc(-c4ccccn4)ccc32)sc1S(N)(=O)=O. The Balaban J connectivity index is 1.60. The molecule has 0 saturated heterocycles. The first-order chi connectivity index (χ1) is 13.8. The quantitative estimate of drug-likeness (QED) is 0.688. The molecule has 7 nitrogen and oxygen atoms in total. The zero-order chi connectivity index (χ0) is 20.8. The van der Waals surface area contributed by atoms with Gasteiger partial charge in [-0.2, -0.15) is 0 Å². The first kappa shape index (κ1) is 19.7. The molecule has 0 saturated carbocycles. The number of nitrogens with zero attached hydrogens (tertiary/aromatic N) is 3. The average molecular weight is 429 g/mol. The number of amides is 1. The second-order valence-electron chi connectivity index (χ2n) is 7.03. The van der Waals surface area contributed by atoms with Gasteiger partial charge in [0.1, 0.15) is 0 Å².